The van der Waals surface area contributed by atoms with E-state index in [0.717, 1.165) is 30.4 Å². The summed E-state index contributed by atoms with van der Waals surface area (Å²) < 4.78 is 11.4. The van der Waals surface area contributed by atoms with Gasteiger partial charge in [0, 0.05) is 19.1 Å². The fraction of sp³-hybridized carbons (Fsp3) is 0.667. The number of hydrogen-bond acceptors (Lipinski definition) is 6. The maximum absolute atomic E-state index is 5.90. The van der Waals surface area contributed by atoms with Gasteiger partial charge in [0.2, 0.25) is 5.89 Å². The lowest BCUT2D eigenvalue weighted by molar-refractivity contribution is 0.105. The molecule has 7 nitrogen and oxygen atoms in total. The molecule has 2 aromatic heterocycles. The Balaban J connectivity index is 1.76. The van der Waals surface area contributed by atoms with Gasteiger partial charge in [0.25, 0.3) is 0 Å². The fourth-order valence-corrected chi connectivity index (χ4v) is 2.77. The quantitative estimate of drug-likeness (QED) is 0.931. The van der Waals surface area contributed by atoms with Crippen LogP contribution in [0.15, 0.2) is 16.9 Å². The van der Waals surface area contributed by atoms with E-state index in [4.69, 9.17) is 9.15 Å². The molecule has 1 fully saturated rings. The molecule has 0 aliphatic carbocycles. The van der Waals surface area contributed by atoms with Gasteiger partial charge in [-0.25, -0.2) is 9.97 Å². The summed E-state index contributed by atoms with van der Waals surface area (Å²) in [6, 6.07) is 0.150. The monoisotopic (exact) mass is 305 g/mol. The highest BCUT2D eigenvalue weighted by Crippen LogP contribution is 2.33. The van der Waals surface area contributed by atoms with Crippen LogP contribution in [0, 0.1) is 0 Å². The zero-order chi connectivity index (χ0) is 15.7. The summed E-state index contributed by atoms with van der Waals surface area (Å²) in [6.07, 6.45) is 4.43. The number of likely N-dealkylation sites (tertiary alicyclic amines) is 1. The highest BCUT2D eigenvalue weighted by atomic mass is 16.5. The summed E-state index contributed by atoms with van der Waals surface area (Å²) >= 11 is 0. The third-order valence-electron chi connectivity index (χ3n) is 4.08. The smallest absolute Gasteiger partial charge is 0.208 e. The largest absolute Gasteiger partial charge is 0.444 e. The SMILES string of the molecule is CO[C@@H]1C[C@@H](c2ncn[nH]2)N(Cc2ncc(C(C)(C)C)o2)C1. The van der Waals surface area contributed by atoms with E-state index in [2.05, 4.69) is 45.8 Å². The summed E-state index contributed by atoms with van der Waals surface area (Å²) in [6.45, 7) is 7.82. The average molecular weight is 305 g/mol. The van der Waals surface area contributed by atoms with Gasteiger partial charge in [0.05, 0.1) is 24.9 Å². The Labute approximate surface area is 130 Å². The molecule has 1 aliphatic rings. The first-order valence-electron chi connectivity index (χ1n) is 7.54. The van der Waals surface area contributed by atoms with Crippen molar-refractivity contribution in [3.63, 3.8) is 0 Å². The number of rotatable bonds is 4. The second kappa shape index (κ2) is 5.81. The molecule has 7 heteroatoms. The Hall–Kier alpha value is -1.73. The molecule has 120 valence electrons. The van der Waals surface area contributed by atoms with E-state index in [-0.39, 0.29) is 17.6 Å². The maximum atomic E-state index is 5.90. The van der Waals surface area contributed by atoms with E-state index in [1.54, 1.807) is 7.11 Å². The molecular weight excluding hydrogens is 282 g/mol. The Kier molecular flexibility index (Phi) is 4.01. The first-order valence-corrected chi connectivity index (χ1v) is 7.54. The van der Waals surface area contributed by atoms with Gasteiger partial charge >= 0.3 is 0 Å². The molecule has 0 unspecified atom stereocenters. The van der Waals surface area contributed by atoms with Crippen LogP contribution in [-0.2, 0) is 16.7 Å². The average Bonchev–Trinajstić information content (AvgIpc) is 3.17. The topological polar surface area (TPSA) is 80.1 Å². The van der Waals surface area contributed by atoms with Crippen LogP contribution < -0.4 is 0 Å². The minimum Gasteiger partial charge on any atom is -0.444 e. The van der Waals surface area contributed by atoms with Crippen LogP contribution in [0.3, 0.4) is 0 Å². The molecule has 0 aromatic carbocycles. The lowest BCUT2D eigenvalue weighted by atomic mass is 9.94. The number of H-pyrrole nitrogens is 1. The highest BCUT2D eigenvalue weighted by molar-refractivity contribution is 5.07. The van der Waals surface area contributed by atoms with Crippen molar-refractivity contribution in [3.05, 3.63) is 30.0 Å². The summed E-state index contributed by atoms with van der Waals surface area (Å²) in [4.78, 5) is 11.0. The molecule has 22 heavy (non-hydrogen) atoms. The lowest BCUT2D eigenvalue weighted by Crippen LogP contribution is -2.25. The molecule has 1 N–H and O–H groups in total. The van der Waals surface area contributed by atoms with E-state index in [0.29, 0.717) is 6.54 Å². The minimum atomic E-state index is -0.0321. The van der Waals surface area contributed by atoms with Crippen molar-refractivity contribution >= 4 is 0 Å². The van der Waals surface area contributed by atoms with Gasteiger partial charge in [0.1, 0.15) is 17.9 Å². The zero-order valence-electron chi connectivity index (χ0n) is 13.5. The number of aromatic amines is 1. The van der Waals surface area contributed by atoms with Gasteiger partial charge in [0.15, 0.2) is 0 Å². The zero-order valence-corrected chi connectivity index (χ0v) is 13.5. The first kappa shape index (κ1) is 15.2. The van der Waals surface area contributed by atoms with Gasteiger partial charge < -0.3 is 9.15 Å². The molecule has 3 heterocycles. The third kappa shape index (κ3) is 3.05. The summed E-state index contributed by atoms with van der Waals surface area (Å²) in [5.41, 5.74) is -0.0321. The van der Waals surface area contributed by atoms with Crippen molar-refractivity contribution < 1.29 is 9.15 Å². The fourth-order valence-electron chi connectivity index (χ4n) is 2.77. The van der Waals surface area contributed by atoms with Crippen molar-refractivity contribution in [1.82, 2.24) is 25.1 Å². The second-order valence-electron chi connectivity index (χ2n) is 6.78. The molecule has 0 radical (unpaired) electrons. The van der Waals surface area contributed by atoms with Crippen LogP contribution in [0.2, 0.25) is 0 Å². The molecular formula is C15H23N5O2. The van der Waals surface area contributed by atoms with Crippen LogP contribution in [0.25, 0.3) is 0 Å². The molecule has 0 amide bonds. The third-order valence-corrected chi connectivity index (χ3v) is 4.08. The standard InChI is InChI=1S/C15H23N5O2/c1-15(2,3)12-6-16-13(22-12)8-20-7-10(21-4)5-11(20)14-17-9-18-19-14/h6,9-11H,5,7-8H2,1-4H3,(H,17,18,19)/t10-,11+/m1/s1. The molecule has 0 saturated carbocycles. The molecule has 3 rings (SSSR count). The van der Waals surface area contributed by atoms with Crippen molar-refractivity contribution in [2.75, 3.05) is 13.7 Å². The van der Waals surface area contributed by atoms with Crippen LogP contribution in [0.1, 0.15) is 50.7 Å². The van der Waals surface area contributed by atoms with Crippen LogP contribution in [0.4, 0.5) is 0 Å². The first-order chi connectivity index (χ1) is 10.5. The van der Waals surface area contributed by atoms with Crippen molar-refractivity contribution in [3.8, 4) is 0 Å². The summed E-state index contributed by atoms with van der Waals surface area (Å²) in [5.74, 6) is 2.49. The highest BCUT2D eigenvalue weighted by Gasteiger charge is 2.36. The number of methoxy groups -OCH3 is 1. The Bertz CT molecular complexity index is 602. The number of nitrogens with one attached hydrogen (secondary N) is 1. The Morgan fingerprint density at radius 1 is 1.41 bits per heavy atom. The van der Waals surface area contributed by atoms with Crippen LogP contribution >= 0.6 is 0 Å². The normalized spacial score (nSPS) is 23.3. The molecule has 2 atom stereocenters. The Morgan fingerprint density at radius 2 is 2.23 bits per heavy atom. The van der Waals surface area contributed by atoms with Gasteiger partial charge in [-0.2, -0.15) is 5.10 Å². The van der Waals surface area contributed by atoms with Crippen LogP contribution in [0.5, 0.6) is 0 Å². The number of ether oxygens (including phenoxy) is 1. The van der Waals surface area contributed by atoms with Gasteiger partial charge in [-0.15, -0.1) is 0 Å². The molecule has 0 spiro atoms. The van der Waals surface area contributed by atoms with E-state index in [1.807, 2.05) is 6.20 Å². The lowest BCUT2D eigenvalue weighted by Gasteiger charge is -2.20. The van der Waals surface area contributed by atoms with E-state index in [1.165, 1.54) is 6.33 Å². The van der Waals surface area contributed by atoms with Crippen molar-refractivity contribution in [2.24, 2.45) is 0 Å². The number of oxazole rings is 1. The molecule has 1 saturated heterocycles. The summed E-state index contributed by atoms with van der Waals surface area (Å²) in [5, 5.41) is 6.91. The predicted octanol–water partition coefficient (Wildman–Crippen LogP) is 2.05. The van der Waals surface area contributed by atoms with Gasteiger partial charge in [-0.1, -0.05) is 20.8 Å². The van der Waals surface area contributed by atoms with Crippen molar-refractivity contribution in [2.45, 2.75) is 51.3 Å². The van der Waals surface area contributed by atoms with Gasteiger partial charge in [-0.3, -0.25) is 10.00 Å². The van der Waals surface area contributed by atoms with E-state index in [9.17, 15) is 0 Å². The summed E-state index contributed by atoms with van der Waals surface area (Å²) in [7, 11) is 1.74. The van der Waals surface area contributed by atoms with E-state index < -0.39 is 0 Å². The Morgan fingerprint density at radius 3 is 2.82 bits per heavy atom. The van der Waals surface area contributed by atoms with Crippen LogP contribution in [-0.4, -0.2) is 44.8 Å². The van der Waals surface area contributed by atoms with Gasteiger partial charge in [-0.05, 0) is 6.42 Å². The number of hydrogen-bond donors (Lipinski definition) is 1. The van der Waals surface area contributed by atoms with Crippen molar-refractivity contribution in [1.29, 1.82) is 0 Å². The molecule has 0 bridgehead atoms. The number of aromatic nitrogens is 4. The number of nitrogens with zero attached hydrogens (tertiary/aromatic N) is 4. The maximum Gasteiger partial charge on any atom is 0.208 e. The molecule has 2 aromatic rings. The minimum absolute atomic E-state index is 0.0321. The second-order valence-corrected chi connectivity index (χ2v) is 6.78. The molecule has 1 aliphatic heterocycles. The van der Waals surface area contributed by atoms with E-state index >= 15 is 0 Å². The predicted molar refractivity (Wildman–Crippen MR) is 80.2 cm³/mol.